The maximum atomic E-state index is 13.6. The molecular weight excluding hydrogens is 455 g/mol. The van der Waals surface area contributed by atoms with Crippen molar-refractivity contribution >= 4 is 60.9 Å². The Balaban J connectivity index is 1.73. The molecule has 4 aromatic rings. The van der Waals surface area contributed by atoms with E-state index in [9.17, 15) is 24.1 Å². The molecule has 0 unspecified atom stereocenters. The van der Waals surface area contributed by atoms with Gasteiger partial charge in [0.2, 0.25) is 5.13 Å². The lowest BCUT2D eigenvalue weighted by atomic mass is 10.1. The van der Waals surface area contributed by atoms with E-state index in [2.05, 4.69) is 10.1 Å². The summed E-state index contributed by atoms with van der Waals surface area (Å²) in [7, 11) is 0. The second-order valence-electron chi connectivity index (χ2n) is 6.54. The molecule has 32 heavy (non-hydrogen) atoms. The number of benzene rings is 2. The van der Waals surface area contributed by atoms with Crippen LogP contribution < -0.4 is 5.01 Å². The van der Waals surface area contributed by atoms with Crippen molar-refractivity contribution in [3.8, 4) is 0 Å². The molecule has 0 fully saturated rings. The molecule has 2 aromatic heterocycles. The maximum Gasteiger partial charge on any atom is 0.324 e. The Kier molecular flexibility index (Phi) is 5.84. The molecule has 11 heteroatoms. The predicted octanol–water partition coefficient (Wildman–Crippen LogP) is 5.29. The number of hydrazone groups is 1. The topological polar surface area (TPSA) is 106 Å². The van der Waals surface area contributed by atoms with Crippen LogP contribution in [0, 0.1) is 15.9 Å². The number of ketones is 1. The number of nitrogens with zero attached hydrogens (tertiary/aromatic N) is 4. The number of aromatic nitrogens is 1. The lowest BCUT2D eigenvalue weighted by Gasteiger charge is -2.13. The molecule has 1 amide bonds. The van der Waals surface area contributed by atoms with Gasteiger partial charge in [0.15, 0.2) is 5.78 Å². The monoisotopic (exact) mass is 468 g/mol. The van der Waals surface area contributed by atoms with E-state index in [1.807, 2.05) is 0 Å². The number of carbonyl (C=O) groups excluding carboxylic acids is 2. The fraction of sp³-hybridized carbons (Fsp3) is 0.0476. The molecule has 0 bridgehead atoms. The van der Waals surface area contributed by atoms with Crippen LogP contribution in [0.4, 0.5) is 14.5 Å². The molecule has 0 saturated carbocycles. The molecule has 0 aliphatic rings. The third-order valence-corrected chi connectivity index (χ3v) is 6.31. The van der Waals surface area contributed by atoms with E-state index in [4.69, 9.17) is 0 Å². The van der Waals surface area contributed by atoms with Crippen molar-refractivity contribution in [3.63, 3.8) is 0 Å². The molecular formula is C21H13FN4O4S2. The standard InChI is InChI=1S/C21H13FN4O4S2/c1-12(27)13-2-4-14(5-3-13)20(28)25(23-11-16-7-9-19(31-16)26(29)30)21-24-17-8-6-15(22)10-18(17)32-21/h2-11H,1H3/b23-11+. The van der Waals surface area contributed by atoms with Gasteiger partial charge in [-0.3, -0.25) is 19.7 Å². The maximum absolute atomic E-state index is 13.6. The quantitative estimate of drug-likeness (QED) is 0.165. The van der Waals surface area contributed by atoms with Crippen LogP contribution in [-0.4, -0.2) is 27.8 Å². The summed E-state index contributed by atoms with van der Waals surface area (Å²) in [6, 6.07) is 13.0. The van der Waals surface area contributed by atoms with Crippen molar-refractivity contribution in [3.05, 3.63) is 86.5 Å². The van der Waals surface area contributed by atoms with Crippen LogP contribution >= 0.6 is 22.7 Å². The number of anilines is 1. The van der Waals surface area contributed by atoms with Gasteiger partial charge in [0.25, 0.3) is 5.91 Å². The minimum Gasteiger partial charge on any atom is -0.295 e. The van der Waals surface area contributed by atoms with Crippen LogP contribution in [0.2, 0.25) is 0 Å². The van der Waals surface area contributed by atoms with Crippen LogP contribution in [0.1, 0.15) is 32.5 Å². The molecule has 0 atom stereocenters. The van der Waals surface area contributed by atoms with E-state index in [1.165, 1.54) is 67.7 Å². The van der Waals surface area contributed by atoms with Gasteiger partial charge in [-0.2, -0.15) is 10.1 Å². The van der Waals surface area contributed by atoms with Crippen LogP contribution in [0.5, 0.6) is 0 Å². The van der Waals surface area contributed by atoms with Gasteiger partial charge in [-0.15, -0.1) is 0 Å². The number of Topliss-reactive ketones (excluding diaryl/α,β-unsaturated/α-hetero) is 1. The lowest BCUT2D eigenvalue weighted by molar-refractivity contribution is -0.380. The highest BCUT2D eigenvalue weighted by Crippen LogP contribution is 2.31. The second-order valence-corrected chi connectivity index (χ2v) is 8.64. The van der Waals surface area contributed by atoms with Gasteiger partial charge in [-0.1, -0.05) is 34.8 Å². The number of thiophene rings is 1. The van der Waals surface area contributed by atoms with Gasteiger partial charge >= 0.3 is 5.00 Å². The van der Waals surface area contributed by atoms with Crippen LogP contribution in [-0.2, 0) is 0 Å². The Morgan fingerprint density at radius 1 is 1.09 bits per heavy atom. The molecule has 0 N–H and O–H groups in total. The smallest absolute Gasteiger partial charge is 0.295 e. The Morgan fingerprint density at radius 3 is 2.47 bits per heavy atom. The van der Waals surface area contributed by atoms with E-state index in [0.717, 1.165) is 27.7 Å². The Hall–Kier alpha value is -3.83. The molecule has 8 nitrogen and oxygen atoms in total. The second kappa shape index (κ2) is 8.73. The average Bonchev–Trinajstić information content (AvgIpc) is 3.40. The number of hydrogen-bond donors (Lipinski definition) is 0. The van der Waals surface area contributed by atoms with Crippen LogP contribution in [0.25, 0.3) is 10.2 Å². The summed E-state index contributed by atoms with van der Waals surface area (Å²) in [6.07, 6.45) is 1.33. The average molecular weight is 468 g/mol. The number of rotatable bonds is 6. The molecule has 0 spiro atoms. The van der Waals surface area contributed by atoms with E-state index in [-0.39, 0.29) is 21.5 Å². The van der Waals surface area contributed by atoms with Gasteiger partial charge < -0.3 is 0 Å². The third kappa shape index (κ3) is 4.43. The van der Waals surface area contributed by atoms with E-state index in [0.29, 0.717) is 20.7 Å². The first-order valence-electron chi connectivity index (χ1n) is 9.11. The Morgan fingerprint density at radius 2 is 1.81 bits per heavy atom. The molecule has 2 heterocycles. The van der Waals surface area contributed by atoms with Crippen LogP contribution in [0.3, 0.4) is 0 Å². The number of carbonyl (C=O) groups is 2. The zero-order chi connectivity index (χ0) is 22.8. The zero-order valence-electron chi connectivity index (χ0n) is 16.4. The normalized spacial score (nSPS) is 11.2. The number of fused-ring (bicyclic) bond motifs is 1. The first-order valence-corrected chi connectivity index (χ1v) is 10.7. The molecule has 160 valence electrons. The van der Waals surface area contributed by atoms with Crippen molar-refractivity contribution in [1.29, 1.82) is 0 Å². The van der Waals surface area contributed by atoms with E-state index in [1.54, 1.807) is 0 Å². The number of amides is 1. The predicted molar refractivity (Wildman–Crippen MR) is 121 cm³/mol. The van der Waals surface area contributed by atoms with Crippen molar-refractivity contribution in [2.45, 2.75) is 6.92 Å². The molecule has 2 aromatic carbocycles. The largest absolute Gasteiger partial charge is 0.324 e. The highest BCUT2D eigenvalue weighted by Gasteiger charge is 2.22. The van der Waals surface area contributed by atoms with E-state index >= 15 is 0 Å². The fourth-order valence-electron chi connectivity index (χ4n) is 2.76. The summed E-state index contributed by atoms with van der Waals surface area (Å²) in [4.78, 5) is 40.0. The van der Waals surface area contributed by atoms with Gasteiger partial charge in [0.1, 0.15) is 5.82 Å². The molecule has 0 radical (unpaired) electrons. The summed E-state index contributed by atoms with van der Waals surface area (Å²) < 4.78 is 14.1. The first kappa shape index (κ1) is 21.4. The van der Waals surface area contributed by atoms with Gasteiger partial charge in [-0.25, -0.2) is 9.37 Å². The summed E-state index contributed by atoms with van der Waals surface area (Å²) in [6.45, 7) is 1.42. The van der Waals surface area contributed by atoms with Crippen molar-refractivity contribution in [2.24, 2.45) is 5.10 Å². The van der Waals surface area contributed by atoms with Crippen LogP contribution in [0.15, 0.2) is 59.7 Å². The Bertz CT molecular complexity index is 1380. The van der Waals surface area contributed by atoms with Crippen molar-refractivity contribution < 1.29 is 18.9 Å². The molecule has 0 aliphatic heterocycles. The summed E-state index contributed by atoms with van der Waals surface area (Å²) in [5.74, 6) is -1.09. The Labute approximate surface area is 188 Å². The minimum absolute atomic E-state index is 0.0559. The number of halogens is 1. The zero-order valence-corrected chi connectivity index (χ0v) is 18.0. The highest BCUT2D eigenvalue weighted by molar-refractivity contribution is 7.22. The summed E-state index contributed by atoms with van der Waals surface area (Å²) >= 11 is 1.98. The number of hydrogen-bond acceptors (Lipinski definition) is 8. The van der Waals surface area contributed by atoms with Crippen molar-refractivity contribution in [1.82, 2.24) is 4.98 Å². The number of thiazole rings is 1. The lowest BCUT2D eigenvalue weighted by Crippen LogP contribution is -2.25. The third-order valence-electron chi connectivity index (χ3n) is 4.34. The fourth-order valence-corrected chi connectivity index (χ4v) is 4.39. The molecule has 0 saturated heterocycles. The SMILES string of the molecule is CC(=O)c1ccc(C(=O)N(/N=C/c2ccc([N+](=O)[O-])s2)c2nc3ccc(F)cc3s2)cc1. The number of nitro groups is 1. The van der Waals surface area contributed by atoms with Gasteiger partial charge in [0, 0.05) is 17.2 Å². The molecule has 0 aliphatic carbocycles. The van der Waals surface area contributed by atoms with Crippen molar-refractivity contribution in [2.75, 3.05) is 5.01 Å². The summed E-state index contributed by atoms with van der Waals surface area (Å²) in [5, 5.41) is 16.3. The summed E-state index contributed by atoms with van der Waals surface area (Å²) in [5.41, 5.74) is 1.21. The van der Waals surface area contributed by atoms with E-state index < -0.39 is 16.6 Å². The molecule has 4 rings (SSSR count). The minimum atomic E-state index is -0.526. The first-order chi connectivity index (χ1) is 15.3. The highest BCUT2D eigenvalue weighted by atomic mass is 32.1. The van der Waals surface area contributed by atoms with Gasteiger partial charge in [-0.05, 0) is 43.3 Å². The van der Waals surface area contributed by atoms with Gasteiger partial charge in [0.05, 0.1) is 26.2 Å².